The average Bonchev–Trinajstić information content (AvgIpc) is 3.47. The first kappa shape index (κ1) is 79.8. The molecule has 84 heavy (non-hydrogen) atoms. The Kier molecular flexibility index (Phi) is 51.9. The third kappa shape index (κ3) is 54.9. The summed E-state index contributed by atoms with van der Waals surface area (Å²) in [5, 5.41) is 25.8. The van der Waals surface area contributed by atoms with Gasteiger partial charge in [0.1, 0.15) is 23.1 Å². The van der Waals surface area contributed by atoms with Crippen molar-refractivity contribution in [1.29, 1.82) is 10.8 Å². The molecule has 0 spiro atoms. The van der Waals surface area contributed by atoms with Crippen LogP contribution in [0.5, 0.6) is 0 Å². The molecule has 0 heterocycles. The van der Waals surface area contributed by atoms with E-state index in [1.807, 2.05) is 4.90 Å². The largest absolute Gasteiger partial charge is 0.388 e. The van der Waals surface area contributed by atoms with Crippen LogP contribution < -0.4 is 78.6 Å². The van der Waals surface area contributed by atoms with Crippen molar-refractivity contribution in [1.82, 2.24) is 40.9 Å². The summed E-state index contributed by atoms with van der Waals surface area (Å²) < 4.78 is 0. The van der Waals surface area contributed by atoms with Crippen molar-refractivity contribution >= 4 is 70.4 Å². The maximum Gasteiger partial charge on any atom is 0.221 e. The minimum atomic E-state index is -0.147. The van der Waals surface area contributed by atoms with Crippen molar-refractivity contribution in [3.63, 3.8) is 0 Å². The predicted molar refractivity (Wildman–Crippen MR) is 332 cm³/mol. The fourth-order valence-electron chi connectivity index (χ4n) is 7.93. The van der Waals surface area contributed by atoms with E-state index in [2.05, 4.69) is 46.0 Å². The van der Waals surface area contributed by atoms with Crippen molar-refractivity contribution in [2.45, 2.75) is 128 Å². The van der Waals surface area contributed by atoms with Gasteiger partial charge >= 0.3 is 0 Å². The number of nitrogens with two attached hydrogens (primary N) is 10. The van der Waals surface area contributed by atoms with E-state index >= 15 is 0 Å². The highest BCUT2D eigenvalue weighted by molar-refractivity contribution is 5.81. The Morgan fingerprint density at radius 1 is 0.298 bits per heavy atom. The molecule has 0 saturated carbocycles. The van der Waals surface area contributed by atoms with Gasteiger partial charge < -0.3 is 98.2 Å². The summed E-state index contributed by atoms with van der Waals surface area (Å²) in [6, 6.07) is 0. The monoisotopic (exact) mass is 1190 g/mol. The normalized spacial score (nSPS) is 11.0. The van der Waals surface area contributed by atoms with Gasteiger partial charge in [0.05, 0.1) is 11.7 Å². The highest BCUT2D eigenvalue weighted by atomic mass is 16.2. The number of amidine groups is 2. The van der Waals surface area contributed by atoms with Gasteiger partial charge in [0.25, 0.3) is 0 Å². The molecular formula is C54H110N22O8. The van der Waals surface area contributed by atoms with Gasteiger partial charge in [-0.2, -0.15) is 0 Å². The van der Waals surface area contributed by atoms with E-state index in [1.165, 1.54) is 0 Å². The molecule has 30 heteroatoms. The molecule has 0 atom stereocenters. The highest BCUT2D eigenvalue weighted by Crippen LogP contribution is 2.07. The molecule has 0 saturated heterocycles. The number of hydrogen-bond acceptors (Lipinski definition) is 20. The molecule has 26 N–H and O–H groups in total. The Bertz CT molecular complexity index is 1760. The first-order valence-electron chi connectivity index (χ1n) is 29.7. The summed E-state index contributed by atoms with van der Waals surface area (Å²) >= 11 is 0. The van der Waals surface area contributed by atoms with Gasteiger partial charge in [0.15, 0.2) is 11.9 Å². The third-order valence-corrected chi connectivity index (χ3v) is 12.9. The first-order chi connectivity index (χ1) is 40.1. The average molecular weight is 1200 g/mol. The van der Waals surface area contributed by atoms with Gasteiger partial charge in [0.2, 0.25) is 23.6 Å². The zero-order chi connectivity index (χ0) is 63.2. The molecule has 0 bridgehead atoms. The van der Waals surface area contributed by atoms with Crippen LogP contribution in [0.1, 0.15) is 128 Å². The number of carbonyl (C=O) groups excluding carboxylic acids is 8. The minimum Gasteiger partial charge on any atom is -0.388 e. The fraction of sp³-hybridized carbons (Fsp3) is 0.778. The highest BCUT2D eigenvalue weighted by Gasteiger charge is 2.18. The lowest BCUT2D eigenvalue weighted by molar-refractivity contribution is -0.123. The lowest BCUT2D eigenvalue weighted by atomic mass is 10.1. The van der Waals surface area contributed by atoms with Crippen LogP contribution in [-0.2, 0) is 38.4 Å². The van der Waals surface area contributed by atoms with Crippen molar-refractivity contribution < 1.29 is 38.4 Å². The Morgan fingerprint density at radius 2 is 0.548 bits per heavy atom. The molecule has 0 rings (SSSR count). The quantitative estimate of drug-likeness (QED) is 0.0157. The maximum atomic E-state index is 12.6. The van der Waals surface area contributed by atoms with Crippen LogP contribution >= 0.6 is 0 Å². The first-order valence-corrected chi connectivity index (χ1v) is 29.7. The van der Waals surface area contributed by atoms with Crippen LogP contribution in [0.15, 0.2) is 9.98 Å². The maximum absolute atomic E-state index is 12.6. The predicted octanol–water partition coefficient (Wildman–Crippen LogP) is -4.02. The van der Waals surface area contributed by atoms with Crippen molar-refractivity contribution in [2.75, 3.05) is 144 Å². The summed E-state index contributed by atoms with van der Waals surface area (Å²) in [5.41, 5.74) is 54.0. The summed E-state index contributed by atoms with van der Waals surface area (Å²) in [6.45, 7) is 10.1. The van der Waals surface area contributed by atoms with E-state index < -0.39 is 0 Å². The molecule has 0 fully saturated rings. The Hall–Kier alpha value is -6.28. The van der Waals surface area contributed by atoms with Gasteiger partial charge in [-0.15, -0.1) is 0 Å². The third-order valence-electron chi connectivity index (χ3n) is 12.9. The number of nitrogens with zero attached hydrogens (tertiary/aromatic N) is 6. The van der Waals surface area contributed by atoms with Crippen LogP contribution in [0, 0.1) is 10.8 Å². The number of hydrogen-bond donors (Lipinski definition) is 16. The summed E-state index contributed by atoms with van der Waals surface area (Å²) in [7, 11) is 0. The number of nitrogens with one attached hydrogen (secondary N) is 6. The smallest absolute Gasteiger partial charge is 0.221 e. The topological polar surface area (TPSA) is 530 Å². The molecule has 0 aromatic rings. The van der Waals surface area contributed by atoms with Crippen molar-refractivity contribution in [3.8, 4) is 0 Å². The molecule has 0 unspecified atom stereocenters. The van der Waals surface area contributed by atoms with E-state index in [1.54, 1.807) is 0 Å². The Labute approximate surface area is 498 Å². The molecule has 0 aliphatic heterocycles. The number of carbonyl (C=O) groups is 8. The van der Waals surface area contributed by atoms with Crippen LogP contribution in [0.2, 0.25) is 0 Å². The molecule has 4 amide bonds. The second-order valence-corrected chi connectivity index (χ2v) is 20.4. The van der Waals surface area contributed by atoms with Gasteiger partial charge in [-0.25, -0.2) is 0 Å². The number of guanidine groups is 2. The molecule has 0 radical (unpaired) electrons. The van der Waals surface area contributed by atoms with E-state index in [0.29, 0.717) is 260 Å². The Morgan fingerprint density at radius 3 is 0.786 bits per heavy atom. The SMILES string of the molecule is N=C(N)CCCNC(=O)CCN(CCC(=O)NCCCC(=N)N)CCN(CCC(=O)CCCN=C(N)N)CCC(=O)CCCN=C(N)N.NCCCC(=O)CCN(CCC(=O)CCCN)CCN(CCC(=O)NCCN)CCC(=O)NCCN. The lowest BCUT2D eigenvalue weighted by Crippen LogP contribution is -2.41. The number of Topliss-reactive ketones (excluding diaryl/α,β-unsaturated/α-hetero) is 4. The molecule has 0 aromatic heterocycles. The molecular weight excluding hydrogens is 1080 g/mol. The van der Waals surface area contributed by atoms with Gasteiger partial charge in [-0.1, -0.05) is 0 Å². The number of rotatable bonds is 56. The minimum absolute atomic E-state index is 0.0166. The summed E-state index contributed by atoms with van der Waals surface area (Å²) in [6.07, 6.45) is 8.36. The van der Waals surface area contributed by atoms with Crippen LogP contribution in [0.25, 0.3) is 0 Å². The van der Waals surface area contributed by atoms with E-state index in [9.17, 15) is 38.4 Å². The summed E-state index contributed by atoms with van der Waals surface area (Å²) in [5.74, 6) is 0.0714. The number of aliphatic imine (C=N–C) groups is 2. The van der Waals surface area contributed by atoms with Crippen LogP contribution in [0.3, 0.4) is 0 Å². The summed E-state index contributed by atoms with van der Waals surface area (Å²) in [4.78, 5) is 115. The standard InChI is InChI=1S/C30H60N14O4.C24H50N8O4/c31-25(32)7-3-13-39-27(47)11-19-44(20-12-28(48)40-14-4-8-26(33)34)22-21-43(17-9-23(45)5-1-15-41-29(35)36)18-10-24(46)6-2-16-42-30(37)38;25-9-1-3-21(33)5-15-31(16-6-22(34)4-2-10-26)19-20-32(17-7-23(35)29-13-11-27)18-8-24(36)30-14-12-28/h1-22H2,(H3,31,32)(H3,33,34)(H,39,47)(H,40,48)(H4,35,36,41)(H4,37,38,42);1-20,25-28H2,(H,29,35)(H,30,36). The molecule has 0 aliphatic rings. The lowest BCUT2D eigenvalue weighted by Gasteiger charge is -2.27. The van der Waals surface area contributed by atoms with E-state index in [-0.39, 0.29) is 83.2 Å². The van der Waals surface area contributed by atoms with Crippen LogP contribution in [-0.4, -0.2) is 234 Å². The second kappa shape index (κ2) is 54.6. The second-order valence-electron chi connectivity index (χ2n) is 20.4. The van der Waals surface area contributed by atoms with Gasteiger partial charge in [-0.05, 0) is 51.6 Å². The van der Waals surface area contributed by atoms with E-state index in [0.717, 1.165) is 0 Å². The van der Waals surface area contributed by atoms with Gasteiger partial charge in [-0.3, -0.25) is 59.2 Å². The fourth-order valence-corrected chi connectivity index (χ4v) is 7.93. The molecule has 30 nitrogen and oxygen atoms in total. The zero-order valence-corrected chi connectivity index (χ0v) is 50.4. The molecule has 0 aromatic carbocycles. The van der Waals surface area contributed by atoms with E-state index in [4.69, 9.17) is 68.2 Å². The molecule has 0 aliphatic carbocycles. The van der Waals surface area contributed by atoms with Gasteiger partial charge in [0, 0.05) is 221 Å². The molecule has 484 valence electrons. The zero-order valence-electron chi connectivity index (χ0n) is 50.4. The Balaban J connectivity index is 0. The van der Waals surface area contributed by atoms with Crippen molar-refractivity contribution in [2.24, 2.45) is 67.3 Å². The van der Waals surface area contributed by atoms with Crippen LogP contribution in [0.4, 0.5) is 0 Å². The number of amides is 4. The van der Waals surface area contributed by atoms with Crippen molar-refractivity contribution in [3.05, 3.63) is 0 Å². The number of ketones is 4.